The fourth-order valence-corrected chi connectivity index (χ4v) is 6.48. The zero-order valence-corrected chi connectivity index (χ0v) is 22.5. The first-order valence-electron chi connectivity index (χ1n) is 13.2. The molecule has 4 heteroatoms. The summed E-state index contributed by atoms with van der Waals surface area (Å²) in [6.07, 6.45) is 12.9. The molecule has 4 nitrogen and oxygen atoms in total. The second kappa shape index (κ2) is 8.41. The number of allylic oxidation sites excluding steroid dienone is 6. The molecule has 0 radical (unpaired) electrons. The monoisotopic (exact) mass is 479 g/mol. The van der Waals surface area contributed by atoms with Crippen molar-refractivity contribution in [3.63, 3.8) is 0 Å². The number of hydrogen-bond acceptors (Lipinski definition) is 3. The average molecular weight is 480 g/mol. The van der Waals surface area contributed by atoms with Crippen molar-refractivity contribution in [2.24, 2.45) is 11.3 Å². The molecular weight excluding hydrogens is 442 g/mol. The number of ether oxygens (including phenoxy) is 1. The molecule has 0 saturated heterocycles. The highest BCUT2D eigenvalue weighted by molar-refractivity contribution is 5.72. The standard InChI is InChI=1S/C32H37N3O/c1-30(2,3)28-18-22(27(19-33)34-7)17-24(36-28)11-10-21-15-25-29-26(16-21)32(6)12-8-9-23(32)20-35(29)14-13-31(25,4)5/h10-11,15-18,23H,8-9,12-14,20H2,1-6H3/b11-10+,27-22+. The first kappa shape index (κ1) is 24.5. The molecule has 0 N–H and O–H groups in total. The molecule has 186 valence electrons. The highest BCUT2D eigenvalue weighted by Gasteiger charge is 2.49. The third kappa shape index (κ3) is 3.98. The number of nitrogens with zero attached hydrogens (tertiary/aromatic N) is 3. The molecule has 3 aliphatic heterocycles. The Bertz CT molecular complexity index is 1300. The maximum Gasteiger partial charge on any atom is 0.269 e. The quantitative estimate of drug-likeness (QED) is 0.321. The minimum Gasteiger partial charge on any atom is -0.461 e. The van der Waals surface area contributed by atoms with E-state index >= 15 is 0 Å². The molecule has 3 heterocycles. The Balaban J connectivity index is 1.59. The van der Waals surface area contributed by atoms with Crippen molar-refractivity contribution in [1.29, 1.82) is 5.26 Å². The van der Waals surface area contributed by atoms with Crippen LogP contribution in [0.4, 0.5) is 5.69 Å². The molecule has 1 aliphatic carbocycles. The molecule has 0 spiro atoms. The van der Waals surface area contributed by atoms with Crippen molar-refractivity contribution >= 4 is 11.8 Å². The van der Waals surface area contributed by atoms with Crippen molar-refractivity contribution in [3.8, 4) is 6.07 Å². The van der Waals surface area contributed by atoms with Gasteiger partial charge in [0.1, 0.15) is 11.5 Å². The van der Waals surface area contributed by atoms with Crippen LogP contribution in [-0.2, 0) is 15.6 Å². The average Bonchev–Trinajstić information content (AvgIpc) is 3.22. The summed E-state index contributed by atoms with van der Waals surface area (Å²) in [4.78, 5) is 6.10. The number of nitriles is 1. The summed E-state index contributed by atoms with van der Waals surface area (Å²) in [7, 11) is 0. The predicted molar refractivity (Wildman–Crippen MR) is 146 cm³/mol. The molecule has 4 aliphatic rings. The van der Waals surface area contributed by atoms with E-state index in [1.54, 1.807) is 0 Å². The SMILES string of the molecule is [C-]#[N+]/C(C#N)=C1C=C(/C=C/c2cc3c4c(c2)C2(C)CCCC2CN4CCC3(C)C)OC(C(C)(C)C)=C\1. The maximum absolute atomic E-state index is 9.46. The van der Waals surface area contributed by atoms with E-state index in [-0.39, 0.29) is 21.9 Å². The summed E-state index contributed by atoms with van der Waals surface area (Å²) < 4.78 is 6.25. The van der Waals surface area contributed by atoms with E-state index in [4.69, 9.17) is 11.3 Å². The number of hydrogen-bond donors (Lipinski definition) is 0. The van der Waals surface area contributed by atoms with Crippen LogP contribution in [0.15, 0.2) is 53.1 Å². The third-order valence-corrected chi connectivity index (χ3v) is 8.87. The maximum atomic E-state index is 9.46. The molecule has 0 aromatic heterocycles. The van der Waals surface area contributed by atoms with Crippen molar-refractivity contribution in [2.45, 2.75) is 78.1 Å². The largest absolute Gasteiger partial charge is 0.461 e. The van der Waals surface area contributed by atoms with Gasteiger partial charge in [-0.1, -0.05) is 54.0 Å². The molecule has 0 amide bonds. The van der Waals surface area contributed by atoms with E-state index in [9.17, 15) is 5.26 Å². The van der Waals surface area contributed by atoms with Crippen LogP contribution >= 0.6 is 0 Å². The Morgan fingerprint density at radius 3 is 2.61 bits per heavy atom. The lowest BCUT2D eigenvalue weighted by molar-refractivity contribution is 0.223. The lowest BCUT2D eigenvalue weighted by Crippen LogP contribution is -2.48. The normalized spacial score (nSPS) is 27.8. The van der Waals surface area contributed by atoms with Crippen LogP contribution in [0.1, 0.15) is 83.9 Å². The fraction of sp³-hybridized carbons (Fsp3) is 0.500. The van der Waals surface area contributed by atoms with Gasteiger partial charge in [0.2, 0.25) is 0 Å². The van der Waals surface area contributed by atoms with Gasteiger partial charge in [-0.3, -0.25) is 0 Å². The Morgan fingerprint density at radius 2 is 1.92 bits per heavy atom. The van der Waals surface area contributed by atoms with E-state index < -0.39 is 0 Å². The van der Waals surface area contributed by atoms with E-state index in [2.05, 4.69) is 69.5 Å². The van der Waals surface area contributed by atoms with Gasteiger partial charge in [-0.2, -0.15) is 0 Å². The molecular formula is C32H37N3O. The summed E-state index contributed by atoms with van der Waals surface area (Å²) >= 11 is 0. The second-order valence-electron chi connectivity index (χ2n) is 12.8. The van der Waals surface area contributed by atoms with Gasteiger partial charge in [0, 0.05) is 24.2 Å². The van der Waals surface area contributed by atoms with Gasteiger partial charge < -0.3 is 9.64 Å². The summed E-state index contributed by atoms with van der Waals surface area (Å²) in [6, 6.07) is 6.83. The zero-order valence-electron chi connectivity index (χ0n) is 22.5. The highest BCUT2D eigenvalue weighted by atomic mass is 16.5. The Kier molecular flexibility index (Phi) is 5.72. The van der Waals surface area contributed by atoms with Crippen LogP contribution in [0.2, 0.25) is 0 Å². The minimum atomic E-state index is -0.239. The van der Waals surface area contributed by atoms with Gasteiger partial charge >= 0.3 is 0 Å². The summed E-state index contributed by atoms with van der Waals surface area (Å²) in [5.41, 5.74) is 6.53. The van der Waals surface area contributed by atoms with E-state index in [1.807, 2.05) is 24.3 Å². The van der Waals surface area contributed by atoms with Gasteiger partial charge in [0.15, 0.2) is 0 Å². The first-order valence-corrected chi connectivity index (χ1v) is 13.2. The molecule has 1 fully saturated rings. The topological polar surface area (TPSA) is 40.6 Å². The Labute approximate surface area is 216 Å². The predicted octanol–water partition coefficient (Wildman–Crippen LogP) is 7.80. The Morgan fingerprint density at radius 1 is 1.17 bits per heavy atom. The van der Waals surface area contributed by atoms with Gasteiger partial charge in [0.05, 0.1) is 12.6 Å². The number of rotatable bonds is 2. The van der Waals surface area contributed by atoms with E-state index in [1.165, 1.54) is 54.6 Å². The fourth-order valence-electron chi connectivity index (χ4n) is 6.48. The van der Waals surface area contributed by atoms with Crippen molar-refractivity contribution in [1.82, 2.24) is 0 Å². The van der Waals surface area contributed by atoms with Crippen LogP contribution in [-0.4, -0.2) is 13.1 Å². The second-order valence-corrected chi connectivity index (χ2v) is 12.8. The van der Waals surface area contributed by atoms with Crippen molar-refractivity contribution < 1.29 is 4.74 Å². The molecule has 1 aromatic carbocycles. The van der Waals surface area contributed by atoms with Crippen LogP contribution in [0.3, 0.4) is 0 Å². The van der Waals surface area contributed by atoms with Crippen LogP contribution in [0.25, 0.3) is 10.9 Å². The first-order chi connectivity index (χ1) is 17.0. The molecule has 0 bridgehead atoms. The highest BCUT2D eigenvalue weighted by Crippen LogP contribution is 2.56. The number of benzene rings is 1. The molecule has 1 saturated carbocycles. The Hall–Kier alpha value is -3.24. The van der Waals surface area contributed by atoms with Crippen LogP contribution in [0.5, 0.6) is 0 Å². The van der Waals surface area contributed by atoms with Gasteiger partial charge in [0.25, 0.3) is 5.70 Å². The summed E-state index contributed by atoms with van der Waals surface area (Å²) in [5.74, 6) is 2.15. The molecule has 2 atom stereocenters. The lowest BCUT2D eigenvalue weighted by atomic mass is 9.65. The van der Waals surface area contributed by atoms with E-state index in [0.29, 0.717) is 11.3 Å². The lowest BCUT2D eigenvalue weighted by Gasteiger charge is -2.51. The third-order valence-electron chi connectivity index (χ3n) is 8.87. The molecule has 5 rings (SSSR count). The van der Waals surface area contributed by atoms with Gasteiger partial charge in [-0.05, 0) is 88.6 Å². The van der Waals surface area contributed by atoms with Crippen LogP contribution in [0, 0.1) is 29.2 Å². The smallest absolute Gasteiger partial charge is 0.269 e. The molecule has 1 aromatic rings. The number of fused-ring (bicyclic) bond motifs is 2. The van der Waals surface area contributed by atoms with Crippen molar-refractivity contribution in [3.05, 3.63) is 81.3 Å². The zero-order chi connectivity index (χ0) is 25.9. The van der Waals surface area contributed by atoms with Crippen molar-refractivity contribution in [2.75, 3.05) is 18.0 Å². The minimum absolute atomic E-state index is 0.0891. The van der Waals surface area contributed by atoms with Crippen LogP contribution < -0.4 is 4.90 Å². The summed E-state index contributed by atoms with van der Waals surface area (Å²) in [5, 5.41) is 9.46. The molecule has 2 unspecified atom stereocenters. The van der Waals surface area contributed by atoms with E-state index in [0.717, 1.165) is 18.2 Å². The number of anilines is 1. The molecule has 36 heavy (non-hydrogen) atoms. The van der Waals surface area contributed by atoms with Gasteiger partial charge in [-0.15, -0.1) is 0 Å². The van der Waals surface area contributed by atoms with Gasteiger partial charge in [-0.25, -0.2) is 10.1 Å². The summed E-state index contributed by atoms with van der Waals surface area (Å²) in [6.45, 7) is 23.2.